The Hall–Kier alpha value is -3.21. The van der Waals surface area contributed by atoms with E-state index in [9.17, 15) is 24.0 Å². The van der Waals surface area contributed by atoms with Crippen LogP contribution in [0.4, 0.5) is 4.39 Å². The topological polar surface area (TPSA) is 88.1 Å². The van der Waals surface area contributed by atoms with Crippen LogP contribution in [-0.4, -0.2) is 26.0 Å². The van der Waals surface area contributed by atoms with Crippen LogP contribution in [0.1, 0.15) is 50.2 Å². The van der Waals surface area contributed by atoms with Gasteiger partial charge in [-0.05, 0) is 37.5 Å². The van der Waals surface area contributed by atoms with Gasteiger partial charge in [-0.25, -0.2) is 13.8 Å². The number of benzene rings is 1. The Balaban J connectivity index is 1.93. The average Bonchev–Trinajstić information content (AvgIpc) is 2.77. The monoisotopic (exact) mass is 412 g/mol. The van der Waals surface area contributed by atoms with Crippen molar-refractivity contribution in [1.82, 2.24) is 14.0 Å². The first-order valence-corrected chi connectivity index (χ1v) is 10.2. The zero-order chi connectivity index (χ0) is 21.7. The lowest BCUT2D eigenvalue weighted by Gasteiger charge is -2.34. The molecule has 0 unspecified atom stereocenters. The largest absolute Gasteiger partial charge is 0.334 e. The first-order chi connectivity index (χ1) is 14.4. The van der Waals surface area contributed by atoms with Gasteiger partial charge in [-0.2, -0.15) is 5.26 Å². The molecule has 1 heterocycles. The number of amides is 1. The summed E-state index contributed by atoms with van der Waals surface area (Å²) in [5.74, 6) is -0.711. The van der Waals surface area contributed by atoms with Crippen LogP contribution in [0.5, 0.6) is 0 Å². The van der Waals surface area contributed by atoms with Crippen LogP contribution >= 0.6 is 0 Å². The van der Waals surface area contributed by atoms with Crippen LogP contribution in [0.25, 0.3) is 0 Å². The highest BCUT2D eigenvalue weighted by Crippen LogP contribution is 2.24. The molecule has 0 spiro atoms. The van der Waals surface area contributed by atoms with Crippen molar-refractivity contribution in [2.45, 2.75) is 64.7 Å². The Kier molecular flexibility index (Phi) is 6.83. The zero-order valence-electron chi connectivity index (χ0n) is 17.0. The van der Waals surface area contributed by atoms with Crippen molar-refractivity contribution in [2.24, 2.45) is 0 Å². The highest BCUT2D eigenvalue weighted by atomic mass is 19.1. The van der Waals surface area contributed by atoms with Gasteiger partial charge in [0.05, 0.1) is 0 Å². The van der Waals surface area contributed by atoms with E-state index in [4.69, 9.17) is 0 Å². The SMILES string of the molecule is CCn1cc(C#N)c(=O)n(CC(=O)N(Cc2ccc(F)cc2)C2CCCCC2)c1=O. The number of carbonyl (C=O) groups is 1. The maximum atomic E-state index is 13.3. The molecule has 1 saturated carbocycles. The van der Waals surface area contributed by atoms with E-state index in [-0.39, 0.29) is 36.4 Å². The van der Waals surface area contributed by atoms with E-state index in [2.05, 4.69) is 0 Å². The molecule has 1 aliphatic carbocycles. The van der Waals surface area contributed by atoms with Crippen LogP contribution in [-0.2, 0) is 24.4 Å². The van der Waals surface area contributed by atoms with Crippen LogP contribution in [0, 0.1) is 17.1 Å². The third-order valence-corrected chi connectivity index (χ3v) is 5.59. The molecule has 7 nitrogen and oxygen atoms in total. The minimum Gasteiger partial charge on any atom is -0.334 e. The number of aryl methyl sites for hydroxylation is 1. The number of aromatic nitrogens is 2. The van der Waals surface area contributed by atoms with Crippen molar-refractivity contribution in [2.75, 3.05) is 0 Å². The lowest BCUT2D eigenvalue weighted by atomic mass is 9.93. The Morgan fingerprint density at radius 2 is 1.87 bits per heavy atom. The van der Waals surface area contributed by atoms with Crippen LogP contribution in [0.15, 0.2) is 40.1 Å². The van der Waals surface area contributed by atoms with E-state index in [0.717, 1.165) is 42.2 Å². The van der Waals surface area contributed by atoms with Gasteiger partial charge >= 0.3 is 5.69 Å². The molecule has 158 valence electrons. The van der Waals surface area contributed by atoms with Gasteiger partial charge in [0.25, 0.3) is 5.56 Å². The summed E-state index contributed by atoms with van der Waals surface area (Å²) in [6.07, 6.45) is 6.04. The third-order valence-electron chi connectivity index (χ3n) is 5.59. The molecule has 30 heavy (non-hydrogen) atoms. The van der Waals surface area contributed by atoms with Crippen molar-refractivity contribution in [3.8, 4) is 6.07 Å². The Morgan fingerprint density at radius 1 is 1.20 bits per heavy atom. The number of nitrogens with zero attached hydrogens (tertiary/aromatic N) is 4. The number of rotatable bonds is 6. The Morgan fingerprint density at radius 3 is 2.47 bits per heavy atom. The second-order valence-electron chi connectivity index (χ2n) is 7.55. The normalized spacial score (nSPS) is 14.3. The molecule has 0 saturated heterocycles. The van der Waals surface area contributed by atoms with Gasteiger partial charge in [-0.3, -0.25) is 14.2 Å². The summed E-state index contributed by atoms with van der Waals surface area (Å²) in [4.78, 5) is 40.1. The van der Waals surface area contributed by atoms with Gasteiger partial charge in [0.15, 0.2) is 0 Å². The van der Waals surface area contributed by atoms with E-state index in [1.54, 1.807) is 30.0 Å². The molecule has 1 aliphatic rings. The summed E-state index contributed by atoms with van der Waals surface area (Å²) in [6, 6.07) is 7.75. The first-order valence-electron chi connectivity index (χ1n) is 10.2. The standard InChI is InChI=1S/C22H25FN4O3/c1-2-25-14-17(12-24)21(29)27(22(25)30)15-20(28)26(19-6-4-3-5-7-19)13-16-8-10-18(23)11-9-16/h8-11,14,19H,2-7,13,15H2,1H3. The molecule has 1 aromatic carbocycles. The summed E-state index contributed by atoms with van der Waals surface area (Å²) < 4.78 is 15.4. The molecular weight excluding hydrogens is 387 g/mol. The van der Waals surface area contributed by atoms with E-state index < -0.39 is 17.8 Å². The van der Waals surface area contributed by atoms with Crippen molar-refractivity contribution < 1.29 is 9.18 Å². The molecule has 0 atom stereocenters. The second kappa shape index (κ2) is 9.53. The molecule has 0 bridgehead atoms. The molecule has 1 aromatic heterocycles. The molecule has 1 amide bonds. The predicted octanol–water partition coefficient (Wildman–Crippen LogP) is 2.40. The van der Waals surface area contributed by atoms with Crippen molar-refractivity contribution in [1.29, 1.82) is 5.26 Å². The average molecular weight is 412 g/mol. The van der Waals surface area contributed by atoms with Crippen LogP contribution in [0.2, 0.25) is 0 Å². The van der Waals surface area contributed by atoms with Gasteiger partial charge in [-0.1, -0.05) is 31.4 Å². The maximum Gasteiger partial charge on any atom is 0.331 e. The van der Waals surface area contributed by atoms with E-state index in [1.165, 1.54) is 22.9 Å². The van der Waals surface area contributed by atoms with Crippen molar-refractivity contribution in [3.05, 3.63) is 68.2 Å². The number of halogens is 1. The summed E-state index contributed by atoms with van der Waals surface area (Å²) in [5.41, 5.74) is -0.766. The quantitative estimate of drug-likeness (QED) is 0.729. The predicted molar refractivity (Wildman–Crippen MR) is 109 cm³/mol. The van der Waals surface area contributed by atoms with Crippen molar-refractivity contribution in [3.63, 3.8) is 0 Å². The lowest BCUT2D eigenvalue weighted by molar-refractivity contribution is -0.135. The van der Waals surface area contributed by atoms with Gasteiger partial charge < -0.3 is 4.90 Å². The Bertz CT molecular complexity index is 1060. The second-order valence-corrected chi connectivity index (χ2v) is 7.55. The van der Waals surface area contributed by atoms with Gasteiger partial charge in [-0.15, -0.1) is 0 Å². The van der Waals surface area contributed by atoms with Gasteiger partial charge in [0.2, 0.25) is 5.91 Å². The molecule has 0 aliphatic heterocycles. The number of hydrogen-bond donors (Lipinski definition) is 0. The number of nitriles is 1. The fourth-order valence-electron chi connectivity index (χ4n) is 3.92. The van der Waals surface area contributed by atoms with E-state index in [0.29, 0.717) is 0 Å². The smallest absolute Gasteiger partial charge is 0.331 e. The molecule has 1 fully saturated rings. The summed E-state index contributed by atoms with van der Waals surface area (Å²) in [7, 11) is 0. The minimum absolute atomic E-state index is 0.000412. The first kappa shape index (κ1) is 21.5. The lowest BCUT2D eigenvalue weighted by Crippen LogP contribution is -2.48. The minimum atomic E-state index is -0.758. The fourth-order valence-corrected chi connectivity index (χ4v) is 3.92. The van der Waals surface area contributed by atoms with Gasteiger partial charge in [0.1, 0.15) is 24.0 Å². The molecule has 0 radical (unpaired) electrons. The Labute approximate surface area is 174 Å². The maximum absolute atomic E-state index is 13.3. The van der Waals surface area contributed by atoms with E-state index in [1.807, 2.05) is 0 Å². The summed E-state index contributed by atoms with van der Waals surface area (Å²) in [6.45, 7) is 1.86. The molecule has 3 rings (SSSR count). The van der Waals surface area contributed by atoms with Crippen LogP contribution in [0.3, 0.4) is 0 Å². The summed E-state index contributed by atoms with van der Waals surface area (Å²) >= 11 is 0. The highest BCUT2D eigenvalue weighted by molar-refractivity contribution is 5.76. The number of hydrogen-bond acceptors (Lipinski definition) is 4. The zero-order valence-corrected chi connectivity index (χ0v) is 17.0. The molecule has 2 aromatic rings. The summed E-state index contributed by atoms with van der Waals surface area (Å²) in [5, 5.41) is 9.21. The van der Waals surface area contributed by atoms with Crippen LogP contribution < -0.4 is 11.2 Å². The number of carbonyl (C=O) groups excluding carboxylic acids is 1. The van der Waals surface area contributed by atoms with Crippen molar-refractivity contribution >= 4 is 5.91 Å². The van der Waals surface area contributed by atoms with Gasteiger partial charge in [0, 0.05) is 25.3 Å². The fraction of sp³-hybridized carbons (Fsp3) is 0.455. The highest BCUT2D eigenvalue weighted by Gasteiger charge is 2.27. The van der Waals surface area contributed by atoms with E-state index >= 15 is 0 Å². The molecular formula is C22H25FN4O3. The molecule has 8 heteroatoms. The molecule has 0 N–H and O–H groups in total. The third kappa shape index (κ3) is 4.67.